The van der Waals surface area contributed by atoms with Gasteiger partial charge >= 0.3 is 0 Å². The minimum Gasteiger partial charge on any atom is -0.484 e. The summed E-state index contributed by atoms with van der Waals surface area (Å²) in [5, 5.41) is 2.87. The largest absolute Gasteiger partial charge is 0.484 e. The topological polar surface area (TPSA) is 84.7 Å². The van der Waals surface area contributed by atoms with Gasteiger partial charge in [-0.2, -0.15) is 0 Å². The maximum atomic E-state index is 14.0. The van der Waals surface area contributed by atoms with Crippen LogP contribution < -0.4 is 10.1 Å². The number of carbonyl (C=O) groups is 2. The van der Waals surface area contributed by atoms with Gasteiger partial charge in [-0.3, -0.25) is 9.59 Å². The van der Waals surface area contributed by atoms with Gasteiger partial charge < -0.3 is 19.4 Å². The van der Waals surface area contributed by atoms with Gasteiger partial charge in [0, 0.05) is 19.5 Å². The van der Waals surface area contributed by atoms with Crippen LogP contribution in [0.2, 0.25) is 0 Å². The lowest BCUT2D eigenvalue weighted by Crippen LogP contribution is -2.39. The van der Waals surface area contributed by atoms with Gasteiger partial charge in [0.25, 0.3) is 5.91 Å². The molecular formula is C25H24FN3O4. The Bertz CT molecular complexity index is 1200. The summed E-state index contributed by atoms with van der Waals surface area (Å²) in [7, 11) is 0. The highest BCUT2D eigenvalue weighted by atomic mass is 19.1. The van der Waals surface area contributed by atoms with Gasteiger partial charge in [0.05, 0.1) is 6.04 Å². The maximum Gasteiger partial charge on any atom is 0.273 e. The predicted octanol–water partition coefficient (Wildman–Crippen LogP) is 3.78. The lowest BCUT2D eigenvalue weighted by atomic mass is 9.88. The maximum absolute atomic E-state index is 14.0. The SMILES string of the molecule is CC(=O)N1CCc2ccc(OCc3nc(C(=O)NC4CC4)co3)cc2C1c1cccc(F)c1. The Morgan fingerprint density at radius 1 is 1.24 bits per heavy atom. The highest BCUT2D eigenvalue weighted by molar-refractivity contribution is 5.92. The molecule has 1 fully saturated rings. The first-order valence-corrected chi connectivity index (χ1v) is 11.0. The summed E-state index contributed by atoms with van der Waals surface area (Å²) in [6.07, 6.45) is 4.03. The molecule has 8 heteroatoms. The van der Waals surface area contributed by atoms with Gasteiger partial charge in [0.15, 0.2) is 12.3 Å². The molecular weight excluding hydrogens is 425 g/mol. The number of aromatic nitrogens is 1. The standard InChI is InChI=1S/C25H24FN3O4/c1-15(30)29-10-9-16-5-8-20(12-21(16)24(29)17-3-2-4-18(26)11-17)32-14-23-28-22(13-33-23)25(31)27-19-6-7-19/h2-5,8,11-13,19,24H,6-7,9-10,14H2,1H3,(H,27,31). The van der Waals surface area contributed by atoms with E-state index < -0.39 is 6.04 Å². The number of nitrogens with one attached hydrogen (secondary N) is 1. The summed E-state index contributed by atoms with van der Waals surface area (Å²) in [5.74, 6) is 0.200. The van der Waals surface area contributed by atoms with Crippen LogP contribution in [-0.4, -0.2) is 34.3 Å². The number of nitrogens with zero attached hydrogens (tertiary/aromatic N) is 2. The third-order valence-corrected chi connectivity index (χ3v) is 5.97. The molecule has 33 heavy (non-hydrogen) atoms. The third-order valence-electron chi connectivity index (χ3n) is 5.97. The molecule has 0 bridgehead atoms. The van der Waals surface area contributed by atoms with Crippen LogP contribution in [-0.2, 0) is 17.8 Å². The van der Waals surface area contributed by atoms with E-state index in [0.717, 1.165) is 24.0 Å². The number of benzene rings is 2. The summed E-state index contributed by atoms with van der Waals surface area (Å²) >= 11 is 0. The summed E-state index contributed by atoms with van der Waals surface area (Å²) in [6, 6.07) is 11.9. The predicted molar refractivity (Wildman–Crippen MR) is 117 cm³/mol. The summed E-state index contributed by atoms with van der Waals surface area (Å²) < 4.78 is 25.2. The molecule has 1 aliphatic carbocycles. The quantitative estimate of drug-likeness (QED) is 0.619. The van der Waals surface area contributed by atoms with E-state index in [1.165, 1.54) is 25.3 Å². The Kier molecular flexibility index (Phi) is 5.58. The molecule has 2 amide bonds. The van der Waals surface area contributed by atoms with Crippen molar-refractivity contribution in [1.82, 2.24) is 15.2 Å². The van der Waals surface area contributed by atoms with Crippen molar-refractivity contribution in [1.29, 1.82) is 0 Å². The fourth-order valence-corrected chi connectivity index (χ4v) is 4.17. The summed E-state index contributed by atoms with van der Waals surface area (Å²) in [6.45, 7) is 2.14. The van der Waals surface area contributed by atoms with E-state index in [0.29, 0.717) is 30.2 Å². The first-order chi connectivity index (χ1) is 16.0. The zero-order chi connectivity index (χ0) is 22.9. The van der Waals surface area contributed by atoms with Crippen LogP contribution in [0.4, 0.5) is 4.39 Å². The highest BCUT2D eigenvalue weighted by Crippen LogP contribution is 2.37. The van der Waals surface area contributed by atoms with Crippen LogP contribution in [0, 0.1) is 5.82 Å². The van der Waals surface area contributed by atoms with Crippen LogP contribution in [0.3, 0.4) is 0 Å². The average Bonchev–Trinajstić information content (AvgIpc) is 3.49. The Hall–Kier alpha value is -3.68. The molecule has 5 rings (SSSR count). The van der Waals surface area contributed by atoms with Gasteiger partial charge in [-0.1, -0.05) is 18.2 Å². The second kappa shape index (κ2) is 8.69. The first-order valence-electron chi connectivity index (χ1n) is 11.0. The Balaban J connectivity index is 1.36. The lowest BCUT2D eigenvalue weighted by Gasteiger charge is -2.37. The molecule has 170 valence electrons. The van der Waals surface area contributed by atoms with Gasteiger partial charge in [0.1, 0.15) is 17.8 Å². The van der Waals surface area contributed by atoms with Crippen molar-refractivity contribution in [2.24, 2.45) is 0 Å². The Labute approximate surface area is 190 Å². The van der Waals surface area contributed by atoms with E-state index in [-0.39, 0.29) is 36.0 Å². The van der Waals surface area contributed by atoms with Crippen LogP contribution in [0.15, 0.2) is 53.1 Å². The third kappa shape index (κ3) is 4.60. The van der Waals surface area contributed by atoms with E-state index in [1.54, 1.807) is 11.0 Å². The van der Waals surface area contributed by atoms with E-state index in [4.69, 9.17) is 9.15 Å². The fourth-order valence-electron chi connectivity index (χ4n) is 4.17. The number of amides is 2. The van der Waals surface area contributed by atoms with Gasteiger partial charge in [-0.05, 0) is 60.2 Å². The highest BCUT2D eigenvalue weighted by Gasteiger charge is 2.31. The second-order valence-electron chi connectivity index (χ2n) is 8.44. The number of carbonyl (C=O) groups excluding carboxylic acids is 2. The van der Waals surface area contributed by atoms with Crippen molar-refractivity contribution in [3.8, 4) is 5.75 Å². The molecule has 1 aromatic heterocycles. The zero-order valence-corrected chi connectivity index (χ0v) is 18.2. The monoisotopic (exact) mass is 449 g/mol. The molecule has 0 saturated heterocycles. The van der Waals surface area contributed by atoms with E-state index in [9.17, 15) is 14.0 Å². The van der Waals surface area contributed by atoms with E-state index >= 15 is 0 Å². The molecule has 7 nitrogen and oxygen atoms in total. The van der Waals surface area contributed by atoms with Crippen LogP contribution in [0.25, 0.3) is 0 Å². The molecule has 1 N–H and O–H groups in total. The molecule has 1 atom stereocenters. The number of rotatable bonds is 6. The first kappa shape index (κ1) is 21.2. The number of oxazole rings is 1. The smallest absolute Gasteiger partial charge is 0.273 e. The molecule has 2 heterocycles. The second-order valence-corrected chi connectivity index (χ2v) is 8.44. The minimum atomic E-state index is -0.398. The number of hydrogen-bond acceptors (Lipinski definition) is 5. The van der Waals surface area contributed by atoms with Crippen LogP contribution in [0.5, 0.6) is 5.75 Å². The van der Waals surface area contributed by atoms with E-state index in [2.05, 4.69) is 10.3 Å². The van der Waals surface area contributed by atoms with Crippen molar-refractivity contribution in [3.05, 3.63) is 82.8 Å². The molecule has 1 saturated carbocycles. The lowest BCUT2D eigenvalue weighted by molar-refractivity contribution is -0.130. The minimum absolute atomic E-state index is 0.0521. The number of ether oxygens (including phenoxy) is 1. The number of halogens is 1. The number of hydrogen-bond donors (Lipinski definition) is 1. The van der Waals surface area contributed by atoms with Crippen molar-refractivity contribution >= 4 is 11.8 Å². The molecule has 0 spiro atoms. The van der Waals surface area contributed by atoms with Gasteiger partial charge in [0.2, 0.25) is 11.8 Å². The van der Waals surface area contributed by atoms with Crippen molar-refractivity contribution in [3.63, 3.8) is 0 Å². The van der Waals surface area contributed by atoms with Crippen LogP contribution >= 0.6 is 0 Å². The molecule has 1 unspecified atom stereocenters. The molecule has 0 radical (unpaired) electrons. The molecule has 3 aromatic rings. The summed E-state index contributed by atoms with van der Waals surface area (Å²) in [4.78, 5) is 30.4. The normalized spacial score (nSPS) is 17.4. The zero-order valence-electron chi connectivity index (χ0n) is 18.2. The average molecular weight is 449 g/mol. The van der Waals surface area contributed by atoms with Crippen molar-refractivity contribution in [2.45, 2.75) is 44.9 Å². The van der Waals surface area contributed by atoms with Crippen LogP contribution in [0.1, 0.15) is 58.9 Å². The van der Waals surface area contributed by atoms with E-state index in [1.807, 2.05) is 24.3 Å². The van der Waals surface area contributed by atoms with Crippen molar-refractivity contribution in [2.75, 3.05) is 6.54 Å². The summed E-state index contributed by atoms with van der Waals surface area (Å²) in [5.41, 5.74) is 2.93. The molecule has 2 aliphatic rings. The fraction of sp³-hybridized carbons (Fsp3) is 0.320. The molecule has 2 aromatic carbocycles. The van der Waals surface area contributed by atoms with Crippen molar-refractivity contribution < 1.29 is 23.1 Å². The Morgan fingerprint density at radius 2 is 2.09 bits per heavy atom. The van der Waals surface area contributed by atoms with Gasteiger partial charge in [-0.15, -0.1) is 0 Å². The van der Waals surface area contributed by atoms with Gasteiger partial charge in [-0.25, -0.2) is 9.37 Å². The number of fused-ring (bicyclic) bond motifs is 1. The Morgan fingerprint density at radius 3 is 2.85 bits per heavy atom. The molecule has 1 aliphatic heterocycles.